The van der Waals surface area contributed by atoms with Crippen LogP contribution >= 0.6 is 15.9 Å². The second kappa shape index (κ2) is 6.02. The Bertz CT molecular complexity index is 679. The number of hydrogen-bond acceptors (Lipinski definition) is 2. The highest BCUT2D eigenvalue weighted by Gasteiger charge is 2.26. The first kappa shape index (κ1) is 14.3. The fourth-order valence-corrected chi connectivity index (χ4v) is 3.40. The van der Waals surface area contributed by atoms with Crippen LogP contribution in [0.25, 0.3) is 0 Å². The number of carbonyl (C=O) groups is 1. The lowest BCUT2D eigenvalue weighted by atomic mass is 9.80. The van der Waals surface area contributed by atoms with Crippen LogP contribution in [0, 0.1) is 5.92 Å². The fourth-order valence-electron chi connectivity index (χ4n) is 2.96. The number of Topliss-reactive ketones (excluding diaryl/α,β-unsaturated/α-hetero) is 1. The second-order valence-corrected chi connectivity index (χ2v) is 6.27. The van der Waals surface area contributed by atoms with E-state index in [1.165, 1.54) is 11.1 Å². The van der Waals surface area contributed by atoms with Crippen LogP contribution in [0.1, 0.15) is 27.9 Å². The van der Waals surface area contributed by atoms with E-state index < -0.39 is 0 Å². The zero-order valence-corrected chi connectivity index (χ0v) is 13.5. The average Bonchev–Trinajstić information content (AvgIpc) is 2.54. The van der Waals surface area contributed by atoms with Crippen LogP contribution in [0.3, 0.4) is 0 Å². The molecular weight excluding hydrogens is 328 g/mol. The van der Waals surface area contributed by atoms with Gasteiger partial charge in [0.25, 0.3) is 0 Å². The lowest BCUT2D eigenvalue weighted by Crippen LogP contribution is -2.23. The first-order valence-electron chi connectivity index (χ1n) is 7.13. The standard InChI is InChI=1S/C18H17BrO2/c1-21-15-8-9-17(19)16(11-15)18(20)14-7-6-12-4-2-3-5-13(12)10-14/h2-5,8-9,11,14H,6-7,10H2,1H3. The maximum atomic E-state index is 12.8. The molecule has 1 aliphatic rings. The minimum atomic E-state index is 0.0586. The molecule has 0 bridgehead atoms. The molecule has 108 valence electrons. The third-order valence-corrected chi connectivity index (χ3v) is 4.85. The Kier molecular flexibility index (Phi) is 4.11. The fraction of sp³-hybridized carbons (Fsp3) is 0.278. The van der Waals surface area contributed by atoms with Crippen LogP contribution in [0.5, 0.6) is 5.75 Å². The van der Waals surface area contributed by atoms with Crippen molar-refractivity contribution in [3.05, 3.63) is 63.6 Å². The normalized spacial score (nSPS) is 17.1. The van der Waals surface area contributed by atoms with Crippen LogP contribution < -0.4 is 4.74 Å². The number of benzene rings is 2. The van der Waals surface area contributed by atoms with Crippen molar-refractivity contribution in [2.45, 2.75) is 19.3 Å². The number of halogens is 1. The summed E-state index contributed by atoms with van der Waals surface area (Å²) >= 11 is 3.48. The third kappa shape index (κ3) is 2.88. The van der Waals surface area contributed by atoms with E-state index >= 15 is 0 Å². The Balaban J connectivity index is 1.87. The maximum Gasteiger partial charge on any atom is 0.167 e. The predicted octanol–water partition coefficient (Wildman–Crippen LogP) is 4.45. The van der Waals surface area contributed by atoms with Crippen molar-refractivity contribution in [2.75, 3.05) is 7.11 Å². The van der Waals surface area contributed by atoms with E-state index in [-0.39, 0.29) is 11.7 Å². The van der Waals surface area contributed by atoms with Crippen molar-refractivity contribution in [3.63, 3.8) is 0 Å². The quantitative estimate of drug-likeness (QED) is 0.769. The molecule has 0 heterocycles. The number of rotatable bonds is 3. The first-order valence-corrected chi connectivity index (χ1v) is 7.93. The molecule has 2 aromatic carbocycles. The summed E-state index contributed by atoms with van der Waals surface area (Å²) in [5, 5.41) is 0. The topological polar surface area (TPSA) is 26.3 Å². The molecule has 1 atom stereocenters. The van der Waals surface area contributed by atoms with Gasteiger partial charge in [-0.05, 0) is 48.6 Å². The van der Waals surface area contributed by atoms with Crippen molar-refractivity contribution in [3.8, 4) is 5.75 Å². The van der Waals surface area contributed by atoms with Crippen LogP contribution in [0.2, 0.25) is 0 Å². The smallest absolute Gasteiger partial charge is 0.167 e. The van der Waals surface area contributed by atoms with E-state index in [4.69, 9.17) is 4.74 Å². The van der Waals surface area contributed by atoms with Gasteiger partial charge in [0.1, 0.15) is 5.75 Å². The molecule has 3 heteroatoms. The Morgan fingerprint density at radius 3 is 2.71 bits per heavy atom. The van der Waals surface area contributed by atoms with Crippen LogP contribution in [0.4, 0.5) is 0 Å². The molecule has 0 saturated heterocycles. The lowest BCUT2D eigenvalue weighted by molar-refractivity contribution is 0.0907. The summed E-state index contributed by atoms with van der Waals surface area (Å²) in [6.07, 6.45) is 2.73. The van der Waals surface area contributed by atoms with Crippen molar-refractivity contribution >= 4 is 21.7 Å². The van der Waals surface area contributed by atoms with Crippen molar-refractivity contribution in [1.29, 1.82) is 0 Å². The monoisotopic (exact) mass is 344 g/mol. The molecule has 0 amide bonds. The van der Waals surface area contributed by atoms with Gasteiger partial charge in [0.15, 0.2) is 5.78 Å². The summed E-state index contributed by atoms with van der Waals surface area (Å²) in [6, 6.07) is 14.0. The molecule has 0 spiro atoms. The number of ether oxygens (including phenoxy) is 1. The molecular formula is C18H17BrO2. The van der Waals surface area contributed by atoms with E-state index in [2.05, 4.69) is 34.1 Å². The molecule has 1 unspecified atom stereocenters. The Labute approximate surface area is 133 Å². The van der Waals surface area contributed by atoms with Gasteiger partial charge in [0.2, 0.25) is 0 Å². The molecule has 21 heavy (non-hydrogen) atoms. The Hall–Kier alpha value is -1.61. The van der Waals surface area contributed by atoms with Crippen molar-refractivity contribution in [2.24, 2.45) is 5.92 Å². The molecule has 0 aromatic heterocycles. The highest BCUT2D eigenvalue weighted by atomic mass is 79.9. The summed E-state index contributed by atoms with van der Waals surface area (Å²) in [6.45, 7) is 0. The highest BCUT2D eigenvalue weighted by molar-refractivity contribution is 9.10. The molecule has 0 saturated carbocycles. The summed E-state index contributed by atoms with van der Waals surface area (Å²) in [5.74, 6) is 0.983. The number of methoxy groups -OCH3 is 1. The second-order valence-electron chi connectivity index (χ2n) is 5.42. The summed E-state index contributed by atoms with van der Waals surface area (Å²) in [4.78, 5) is 12.8. The zero-order chi connectivity index (χ0) is 14.8. The molecule has 3 rings (SSSR count). The minimum absolute atomic E-state index is 0.0586. The molecule has 0 radical (unpaired) electrons. The molecule has 0 aliphatic heterocycles. The van der Waals surface area contributed by atoms with Crippen molar-refractivity contribution in [1.82, 2.24) is 0 Å². The van der Waals surface area contributed by atoms with Crippen molar-refractivity contribution < 1.29 is 9.53 Å². The van der Waals surface area contributed by atoms with Gasteiger partial charge in [-0.1, -0.05) is 40.2 Å². The Morgan fingerprint density at radius 1 is 1.19 bits per heavy atom. The minimum Gasteiger partial charge on any atom is -0.497 e. The Morgan fingerprint density at radius 2 is 1.95 bits per heavy atom. The summed E-state index contributed by atoms with van der Waals surface area (Å²) in [5.41, 5.74) is 3.41. The highest BCUT2D eigenvalue weighted by Crippen LogP contribution is 2.31. The van der Waals surface area contributed by atoms with Gasteiger partial charge in [-0.25, -0.2) is 0 Å². The predicted molar refractivity (Wildman–Crippen MR) is 87.0 cm³/mol. The molecule has 2 aromatic rings. The van der Waals surface area contributed by atoms with Gasteiger partial charge in [0.05, 0.1) is 7.11 Å². The maximum absolute atomic E-state index is 12.8. The lowest BCUT2D eigenvalue weighted by Gasteiger charge is -2.24. The van der Waals surface area contributed by atoms with Gasteiger partial charge in [0, 0.05) is 16.0 Å². The van der Waals surface area contributed by atoms with E-state index in [9.17, 15) is 4.79 Å². The number of ketones is 1. The third-order valence-electron chi connectivity index (χ3n) is 4.16. The molecule has 1 aliphatic carbocycles. The molecule has 2 nitrogen and oxygen atoms in total. The number of aryl methyl sites for hydroxylation is 1. The molecule has 0 N–H and O–H groups in total. The largest absolute Gasteiger partial charge is 0.497 e. The van der Waals surface area contributed by atoms with E-state index in [0.29, 0.717) is 0 Å². The summed E-state index contributed by atoms with van der Waals surface area (Å²) in [7, 11) is 1.62. The van der Waals surface area contributed by atoms with Crippen LogP contribution in [0.15, 0.2) is 46.9 Å². The van der Waals surface area contributed by atoms with Gasteiger partial charge in [-0.2, -0.15) is 0 Å². The summed E-state index contributed by atoms with van der Waals surface area (Å²) < 4.78 is 6.07. The molecule has 0 fully saturated rings. The first-order chi connectivity index (χ1) is 10.2. The zero-order valence-electron chi connectivity index (χ0n) is 11.9. The number of carbonyl (C=O) groups excluding carboxylic acids is 1. The van der Waals surface area contributed by atoms with Gasteiger partial charge >= 0.3 is 0 Å². The van der Waals surface area contributed by atoms with Gasteiger partial charge in [-0.15, -0.1) is 0 Å². The van der Waals surface area contributed by atoms with E-state index in [1.807, 2.05) is 24.3 Å². The van der Waals surface area contributed by atoms with Gasteiger partial charge < -0.3 is 4.74 Å². The van der Waals surface area contributed by atoms with Crippen LogP contribution in [-0.4, -0.2) is 12.9 Å². The number of fused-ring (bicyclic) bond motifs is 1. The SMILES string of the molecule is COc1ccc(Br)c(C(=O)C2CCc3ccccc3C2)c1. The van der Waals surface area contributed by atoms with Crippen LogP contribution in [-0.2, 0) is 12.8 Å². The van der Waals surface area contributed by atoms with Gasteiger partial charge in [-0.3, -0.25) is 4.79 Å². The van der Waals surface area contributed by atoms with E-state index in [0.717, 1.165) is 35.0 Å². The average molecular weight is 345 g/mol. The number of hydrogen-bond donors (Lipinski definition) is 0. The van der Waals surface area contributed by atoms with E-state index in [1.54, 1.807) is 7.11 Å².